The highest BCUT2D eigenvalue weighted by Gasteiger charge is 2.26. The van der Waals surface area contributed by atoms with Gasteiger partial charge in [0.15, 0.2) is 5.82 Å². The topological polar surface area (TPSA) is 94.0 Å². The van der Waals surface area contributed by atoms with Crippen LogP contribution in [0.15, 0.2) is 28.8 Å². The van der Waals surface area contributed by atoms with Crippen LogP contribution in [-0.4, -0.2) is 28.6 Å². The van der Waals surface area contributed by atoms with Crippen LogP contribution in [-0.2, 0) is 17.6 Å². The first kappa shape index (κ1) is 18.1. The van der Waals surface area contributed by atoms with Gasteiger partial charge in [-0.1, -0.05) is 45.0 Å². The Morgan fingerprint density at radius 3 is 2.50 bits per heavy atom. The van der Waals surface area contributed by atoms with Crippen LogP contribution in [0.5, 0.6) is 0 Å². The molecule has 24 heavy (non-hydrogen) atoms. The van der Waals surface area contributed by atoms with Crippen LogP contribution in [0.1, 0.15) is 39.1 Å². The first-order valence-corrected chi connectivity index (χ1v) is 8.26. The van der Waals surface area contributed by atoms with Crippen molar-refractivity contribution in [3.05, 3.63) is 35.7 Å². The summed E-state index contributed by atoms with van der Waals surface area (Å²) in [7, 11) is 0. The maximum Gasteiger partial charge on any atom is 0.257 e. The van der Waals surface area contributed by atoms with Gasteiger partial charge < -0.3 is 15.6 Å². The number of hydrogen-bond donors (Lipinski definition) is 2. The van der Waals surface area contributed by atoms with E-state index in [-0.39, 0.29) is 11.3 Å². The Morgan fingerprint density at radius 2 is 1.96 bits per heavy atom. The van der Waals surface area contributed by atoms with Gasteiger partial charge >= 0.3 is 0 Å². The standard InChI is InChI=1S/C18H26N4O2/c1-5-14-21-17(24-22-14)13-8-6-12(7-9-13)10-11-20-16(23)15(19)18(2,3)4/h6-9,15H,5,10-11,19H2,1-4H3,(H,20,23)/t15-/m1/s1. The van der Waals surface area contributed by atoms with Gasteiger partial charge in [-0.2, -0.15) is 4.98 Å². The number of rotatable bonds is 6. The number of carbonyl (C=O) groups excluding carboxylic acids is 1. The van der Waals surface area contributed by atoms with E-state index in [4.69, 9.17) is 10.3 Å². The minimum atomic E-state index is -0.509. The first-order valence-electron chi connectivity index (χ1n) is 8.26. The zero-order valence-electron chi connectivity index (χ0n) is 14.8. The summed E-state index contributed by atoms with van der Waals surface area (Å²) in [6.45, 7) is 8.41. The Balaban J connectivity index is 1.87. The van der Waals surface area contributed by atoms with Gasteiger partial charge in [0.05, 0.1) is 6.04 Å². The third-order valence-electron chi connectivity index (χ3n) is 3.91. The molecule has 3 N–H and O–H groups in total. The van der Waals surface area contributed by atoms with E-state index in [1.165, 1.54) is 0 Å². The Hall–Kier alpha value is -2.21. The second-order valence-corrected chi connectivity index (χ2v) is 6.95. The largest absolute Gasteiger partial charge is 0.354 e. The molecular formula is C18H26N4O2. The van der Waals surface area contributed by atoms with Crippen molar-refractivity contribution in [2.24, 2.45) is 11.1 Å². The van der Waals surface area contributed by atoms with E-state index in [0.717, 1.165) is 24.0 Å². The fraction of sp³-hybridized carbons (Fsp3) is 0.500. The third-order valence-corrected chi connectivity index (χ3v) is 3.91. The van der Waals surface area contributed by atoms with Crippen molar-refractivity contribution in [1.29, 1.82) is 0 Å². The maximum absolute atomic E-state index is 12.0. The molecule has 1 amide bonds. The number of nitrogens with zero attached hydrogens (tertiary/aromatic N) is 2. The van der Waals surface area contributed by atoms with Crippen molar-refractivity contribution in [2.75, 3.05) is 6.54 Å². The lowest BCUT2D eigenvalue weighted by Gasteiger charge is -2.25. The van der Waals surface area contributed by atoms with Crippen LogP contribution >= 0.6 is 0 Å². The molecule has 130 valence electrons. The summed E-state index contributed by atoms with van der Waals surface area (Å²) in [5.41, 5.74) is 7.71. The fourth-order valence-corrected chi connectivity index (χ4v) is 2.16. The average Bonchev–Trinajstić information content (AvgIpc) is 3.03. The van der Waals surface area contributed by atoms with Crippen molar-refractivity contribution < 1.29 is 9.32 Å². The second kappa shape index (κ2) is 7.57. The predicted octanol–water partition coefficient (Wildman–Crippen LogP) is 2.33. The van der Waals surface area contributed by atoms with E-state index in [1.54, 1.807) is 0 Å². The number of aromatic nitrogens is 2. The van der Waals surface area contributed by atoms with Gasteiger partial charge in [0.1, 0.15) is 0 Å². The number of nitrogens with one attached hydrogen (secondary N) is 1. The molecule has 0 aliphatic heterocycles. The normalized spacial score (nSPS) is 12.9. The zero-order valence-corrected chi connectivity index (χ0v) is 14.8. The van der Waals surface area contributed by atoms with E-state index in [0.29, 0.717) is 18.3 Å². The second-order valence-electron chi connectivity index (χ2n) is 6.95. The molecule has 0 saturated heterocycles. The molecule has 2 rings (SSSR count). The predicted molar refractivity (Wildman–Crippen MR) is 93.3 cm³/mol. The van der Waals surface area contributed by atoms with Gasteiger partial charge in [-0.05, 0) is 29.5 Å². The summed E-state index contributed by atoms with van der Waals surface area (Å²) in [4.78, 5) is 16.3. The lowest BCUT2D eigenvalue weighted by Crippen LogP contribution is -2.48. The Kier molecular flexibility index (Phi) is 5.72. The lowest BCUT2D eigenvalue weighted by atomic mass is 9.87. The molecule has 0 radical (unpaired) electrons. The molecule has 2 aromatic rings. The van der Waals surface area contributed by atoms with Gasteiger partial charge in [0, 0.05) is 18.5 Å². The van der Waals surface area contributed by atoms with Crippen LogP contribution in [0.3, 0.4) is 0 Å². The molecule has 0 fully saturated rings. The van der Waals surface area contributed by atoms with Gasteiger partial charge in [0.2, 0.25) is 5.91 Å². The summed E-state index contributed by atoms with van der Waals surface area (Å²) in [6.07, 6.45) is 1.49. The number of hydrogen-bond acceptors (Lipinski definition) is 5. The molecule has 0 spiro atoms. The number of nitrogens with two attached hydrogens (primary N) is 1. The van der Waals surface area contributed by atoms with Crippen LogP contribution < -0.4 is 11.1 Å². The minimum Gasteiger partial charge on any atom is -0.354 e. The molecule has 6 nitrogen and oxygen atoms in total. The summed E-state index contributed by atoms with van der Waals surface area (Å²) in [5.74, 6) is 1.12. The highest BCUT2D eigenvalue weighted by molar-refractivity contribution is 5.82. The quantitative estimate of drug-likeness (QED) is 0.848. The molecule has 0 aliphatic rings. The minimum absolute atomic E-state index is 0.114. The first-order chi connectivity index (χ1) is 11.3. The molecule has 0 saturated carbocycles. The summed E-state index contributed by atoms with van der Waals surface area (Å²) in [6, 6.07) is 7.39. The smallest absolute Gasteiger partial charge is 0.257 e. The van der Waals surface area contributed by atoms with Gasteiger partial charge in [0.25, 0.3) is 5.89 Å². The van der Waals surface area contributed by atoms with Crippen LogP contribution in [0, 0.1) is 5.41 Å². The molecule has 0 bridgehead atoms. The molecule has 1 atom stereocenters. The highest BCUT2D eigenvalue weighted by atomic mass is 16.5. The number of aryl methyl sites for hydroxylation is 1. The lowest BCUT2D eigenvalue weighted by molar-refractivity contribution is -0.124. The molecule has 1 aromatic heterocycles. The number of benzene rings is 1. The molecular weight excluding hydrogens is 304 g/mol. The van der Waals surface area contributed by atoms with E-state index in [9.17, 15) is 4.79 Å². The van der Waals surface area contributed by atoms with Crippen molar-refractivity contribution in [2.45, 2.75) is 46.6 Å². The number of carbonyl (C=O) groups is 1. The summed E-state index contributed by atoms with van der Waals surface area (Å²) in [5, 5.41) is 6.78. The molecule has 0 unspecified atom stereocenters. The van der Waals surface area contributed by atoms with Gasteiger partial charge in [-0.25, -0.2) is 0 Å². The van der Waals surface area contributed by atoms with E-state index in [1.807, 2.05) is 52.0 Å². The molecule has 1 heterocycles. The maximum atomic E-state index is 12.0. The van der Waals surface area contributed by atoms with Gasteiger partial charge in [-0.15, -0.1) is 0 Å². The van der Waals surface area contributed by atoms with Crippen LogP contribution in [0.25, 0.3) is 11.5 Å². The summed E-state index contributed by atoms with van der Waals surface area (Å²) >= 11 is 0. The molecule has 1 aromatic carbocycles. The van der Waals surface area contributed by atoms with Crippen molar-refractivity contribution in [1.82, 2.24) is 15.5 Å². The highest BCUT2D eigenvalue weighted by Crippen LogP contribution is 2.19. The van der Waals surface area contributed by atoms with E-state index >= 15 is 0 Å². The van der Waals surface area contributed by atoms with Crippen molar-refractivity contribution in [3.8, 4) is 11.5 Å². The van der Waals surface area contributed by atoms with Crippen molar-refractivity contribution in [3.63, 3.8) is 0 Å². The Labute approximate surface area is 142 Å². The fourth-order valence-electron chi connectivity index (χ4n) is 2.16. The average molecular weight is 330 g/mol. The number of amides is 1. The van der Waals surface area contributed by atoms with Crippen LogP contribution in [0.2, 0.25) is 0 Å². The molecule has 0 aliphatic carbocycles. The monoisotopic (exact) mass is 330 g/mol. The summed E-state index contributed by atoms with van der Waals surface area (Å²) < 4.78 is 5.22. The third kappa shape index (κ3) is 4.64. The Bertz CT molecular complexity index is 671. The van der Waals surface area contributed by atoms with E-state index in [2.05, 4.69) is 15.5 Å². The van der Waals surface area contributed by atoms with Crippen molar-refractivity contribution >= 4 is 5.91 Å². The van der Waals surface area contributed by atoms with E-state index < -0.39 is 6.04 Å². The SMILES string of the molecule is CCc1noc(-c2ccc(CCNC(=O)[C@@H](N)C(C)(C)C)cc2)n1. The zero-order chi connectivity index (χ0) is 17.7. The molecule has 6 heteroatoms. The Morgan fingerprint density at radius 1 is 1.29 bits per heavy atom. The van der Waals surface area contributed by atoms with Gasteiger partial charge in [-0.3, -0.25) is 4.79 Å². The van der Waals surface area contributed by atoms with Crippen LogP contribution in [0.4, 0.5) is 0 Å².